The van der Waals surface area contributed by atoms with E-state index in [2.05, 4.69) is 29.6 Å². The predicted molar refractivity (Wildman–Crippen MR) is 89.6 cm³/mol. The van der Waals surface area contributed by atoms with Crippen LogP contribution in [0, 0.1) is 0 Å². The maximum absolute atomic E-state index is 6.00. The van der Waals surface area contributed by atoms with Gasteiger partial charge in [0.1, 0.15) is 11.9 Å². The Morgan fingerprint density at radius 3 is 2.90 bits per heavy atom. The molecule has 2 aromatic carbocycles. The fourth-order valence-corrected chi connectivity index (χ4v) is 3.45. The maximum Gasteiger partial charge on any atom is 0.123 e. The van der Waals surface area contributed by atoms with E-state index in [0.29, 0.717) is 0 Å². The van der Waals surface area contributed by atoms with Crippen LogP contribution in [-0.4, -0.2) is 24.9 Å². The second-order valence-electron chi connectivity index (χ2n) is 5.06. The quantitative estimate of drug-likeness (QED) is 0.641. The molecule has 0 radical (unpaired) electrons. The number of nitrogens with one attached hydrogen (secondary N) is 1. The molecule has 1 N–H and O–H groups in total. The lowest BCUT2D eigenvalue weighted by Crippen LogP contribution is -2.31. The summed E-state index contributed by atoms with van der Waals surface area (Å²) in [6.45, 7) is 1.86. The summed E-state index contributed by atoms with van der Waals surface area (Å²) in [6, 6.07) is 16.3. The zero-order chi connectivity index (χ0) is 14.5. The normalized spacial score (nSPS) is 16.5. The van der Waals surface area contributed by atoms with Crippen LogP contribution in [0.25, 0.3) is 0 Å². The van der Waals surface area contributed by atoms with Crippen molar-refractivity contribution in [3.8, 4) is 5.75 Å². The molecule has 1 aliphatic rings. The first-order valence-corrected chi connectivity index (χ1v) is 8.51. The standard InChI is InChI=1S/C17H18ClNOS/c18-14-6-7-17-13(10-14)11-15(20-17)12-19-8-9-21-16-4-2-1-3-5-16/h1-7,10,15,19H,8-9,11-12H2. The van der Waals surface area contributed by atoms with Gasteiger partial charge < -0.3 is 10.1 Å². The van der Waals surface area contributed by atoms with Crippen molar-refractivity contribution in [3.63, 3.8) is 0 Å². The highest BCUT2D eigenvalue weighted by Crippen LogP contribution is 2.30. The van der Waals surface area contributed by atoms with Crippen LogP contribution < -0.4 is 10.1 Å². The number of fused-ring (bicyclic) bond motifs is 1. The zero-order valence-corrected chi connectivity index (χ0v) is 13.3. The van der Waals surface area contributed by atoms with E-state index in [1.54, 1.807) is 0 Å². The van der Waals surface area contributed by atoms with Crippen LogP contribution in [0.3, 0.4) is 0 Å². The molecule has 3 rings (SSSR count). The largest absolute Gasteiger partial charge is 0.488 e. The van der Waals surface area contributed by atoms with Crippen LogP contribution in [0.5, 0.6) is 5.75 Å². The Kier molecular flexibility index (Phi) is 5.07. The summed E-state index contributed by atoms with van der Waals surface area (Å²) in [5, 5.41) is 4.25. The molecular formula is C17H18ClNOS. The van der Waals surface area contributed by atoms with Crippen molar-refractivity contribution in [1.82, 2.24) is 5.32 Å². The van der Waals surface area contributed by atoms with Gasteiger partial charge in [-0.25, -0.2) is 0 Å². The lowest BCUT2D eigenvalue weighted by molar-refractivity contribution is 0.229. The molecule has 0 aromatic heterocycles. The minimum atomic E-state index is 0.222. The Hall–Kier alpha value is -1.16. The van der Waals surface area contributed by atoms with Gasteiger partial charge in [0.25, 0.3) is 0 Å². The van der Waals surface area contributed by atoms with E-state index in [0.717, 1.165) is 36.0 Å². The number of ether oxygens (including phenoxy) is 1. The summed E-state index contributed by atoms with van der Waals surface area (Å²) in [5.41, 5.74) is 1.22. The fraction of sp³-hybridized carbons (Fsp3) is 0.294. The smallest absolute Gasteiger partial charge is 0.123 e. The third-order valence-corrected chi connectivity index (χ3v) is 4.68. The van der Waals surface area contributed by atoms with E-state index in [4.69, 9.17) is 16.3 Å². The highest BCUT2D eigenvalue weighted by molar-refractivity contribution is 7.99. The number of hydrogen-bond donors (Lipinski definition) is 1. The van der Waals surface area contributed by atoms with Crippen molar-refractivity contribution in [1.29, 1.82) is 0 Å². The molecule has 1 atom stereocenters. The van der Waals surface area contributed by atoms with Gasteiger partial charge in [0, 0.05) is 35.2 Å². The molecule has 110 valence electrons. The fourth-order valence-electron chi connectivity index (χ4n) is 2.42. The molecule has 0 aliphatic carbocycles. The highest BCUT2D eigenvalue weighted by Gasteiger charge is 2.22. The molecule has 0 spiro atoms. The molecule has 0 bridgehead atoms. The monoisotopic (exact) mass is 319 g/mol. The molecule has 0 amide bonds. The Labute approximate surface area is 134 Å². The van der Waals surface area contributed by atoms with Crippen LogP contribution >= 0.6 is 23.4 Å². The van der Waals surface area contributed by atoms with Crippen LogP contribution in [0.15, 0.2) is 53.4 Å². The van der Waals surface area contributed by atoms with Gasteiger partial charge in [-0.15, -0.1) is 11.8 Å². The van der Waals surface area contributed by atoms with E-state index in [1.807, 2.05) is 36.0 Å². The van der Waals surface area contributed by atoms with E-state index < -0.39 is 0 Å². The SMILES string of the molecule is Clc1ccc2c(c1)CC(CNCCSc1ccccc1)O2. The molecule has 0 fully saturated rings. The molecule has 2 aromatic rings. The van der Waals surface area contributed by atoms with Crippen LogP contribution in [-0.2, 0) is 6.42 Å². The number of hydrogen-bond acceptors (Lipinski definition) is 3. The Balaban J connectivity index is 1.36. The first kappa shape index (κ1) is 14.8. The number of thioether (sulfide) groups is 1. The van der Waals surface area contributed by atoms with E-state index in [9.17, 15) is 0 Å². The van der Waals surface area contributed by atoms with E-state index in [1.165, 1.54) is 10.5 Å². The molecular weight excluding hydrogens is 302 g/mol. The first-order chi connectivity index (χ1) is 10.3. The van der Waals surface area contributed by atoms with E-state index >= 15 is 0 Å². The van der Waals surface area contributed by atoms with Crippen molar-refractivity contribution >= 4 is 23.4 Å². The predicted octanol–water partition coefficient (Wildman–Crippen LogP) is 4.03. The van der Waals surface area contributed by atoms with Crippen molar-refractivity contribution in [2.45, 2.75) is 17.4 Å². The molecule has 0 saturated heterocycles. The minimum Gasteiger partial charge on any atom is -0.488 e. The van der Waals surface area contributed by atoms with Gasteiger partial charge in [-0.05, 0) is 35.9 Å². The molecule has 1 unspecified atom stereocenters. The van der Waals surface area contributed by atoms with Crippen molar-refractivity contribution in [2.24, 2.45) is 0 Å². The zero-order valence-electron chi connectivity index (χ0n) is 11.7. The van der Waals surface area contributed by atoms with Gasteiger partial charge in [0.15, 0.2) is 0 Å². The molecule has 0 saturated carbocycles. The molecule has 4 heteroatoms. The summed E-state index contributed by atoms with van der Waals surface area (Å²) in [6.07, 6.45) is 1.16. The number of halogens is 1. The molecule has 1 aliphatic heterocycles. The summed E-state index contributed by atoms with van der Waals surface area (Å²) in [4.78, 5) is 1.32. The highest BCUT2D eigenvalue weighted by atomic mass is 35.5. The van der Waals surface area contributed by atoms with Crippen molar-refractivity contribution in [2.75, 3.05) is 18.8 Å². The Morgan fingerprint density at radius 2 is 2.05 bits per heavy atom. The van der Waals surface area contributed by atoms with Crippen molar-refractivity contribution in [3.05, 3.63) is 59.1 Å². The Bertz CT molecular complexity index is 591. The molecule has 1 heterocycles. The van der Waals surface area contributed by atoms with Crippen LogP contribution in [0.1, 0.15) is 5.56 Å². The van der Waals surface area contributed by atoms with Gasteiger partial charge in [0.2, 0.25) is 0 Å². The topological polar surface area (TPSA) is 21.3 Å². The third kappa shape index (κ3) is 4.16. The average molecular weight is 320 g/mol. The maximum atomic E-state index is 6.00. The van der Waals surface area contributed by atoms with E-state index in [-0.39, 0.29) is 6.10 Å². The summed E-state index contributed by atoms with van der Waals surface area (Å²) >= 11 is 7.87. The molecule has 2 nitrogen and oxygen atoms in total. The lowest BCUT2D eigenvalue weighted by Gasteiger charge is -2.11. The van der Waals surface area contributed by atoms with Gasteiger partial charge >= 0.3 is 0 Å². The van der Waals surface area contributed by atoms with Crippen LogP contribution in [0.4, 0.5) is 0 Å². The average Bonchev–Trinajstić information content (AvgIpc) is 2.90. The summed E-state index contributed by atoms with van der Waals surface area (Å²) in [7, 11) is 0. The summed E-state index contributed by atoms with van der Waals surface area (Å²) < 4.78 is 5.90. The van der Waals surface area contributed by atoms with Gasteiger partial charge in [-0.2, -0.15) is 0 Å². The van der Waals surface area contributed by atoms with Gasteiger partial charge in [0.05, 0.1) is 0 Å². The number of benzene rings is 2. The van der Waals surface area contributed by atoms with Gasteiger partial charge in [-0.3, -0.25) is 0 Å². The Morgan fingerprint density at radius 1 is 1.19 bits per heavy atom. The van der Waals surface area contributed by atoms with Crippen LogP contribution in [0.2, 0.25) is 5.02 Å². The first-order valence-electron chi connectivity index (χ1n) is 7.15. The lowest BCUT2D eigenvalue weighted by atomic mass is 10.1. The minimum absolute atomic E-state index is 0.222. The second-order valence-corrected chi connectivity index (χ2v) is 6.67. The van der Waals surface area contributed by atoms with Crippen molar-refractivity contribution < 1.29 is 4.74 Å². The van der Waals surface area contributed by atoms with Gasteiger partial charge in [-0.1, -0.05) is 29.8 Å². The summed E-state index contributed by atoms with van der Waals surface area (Å²) in [5.74, 6) is 2.04. The second kappa shape index (κ2) is 7.21. The number of rotatable bonds is 6. The third-order valence-electron chi connectivity index (χ3n) is 3.43. The molecule has 21 heavy (non-hydrogen) atoms.